The van der Waals surface area contributed by atoms with Crippen molar-refractivity contribution in [3.63, 3.8) is 0 Å². The zero-order valence-corrected chi connectivity index (χ0v) is 9.08. The molecule has 0 aliphatic rings. The van der Waals surface area contributed by atoms with Gasteiger partial charge in [-0.3, -0.25) is 0 Å². The summed E-state index contributed by atoms with van der Waals surface area (Å²) < 4.78 is 26.1. The molecular formula is H10KO12P3. The summed E-state index contributed by atoms with van der Waals surface area (Å²) in [4.78, 5) is 71.5. The van der Waals surface area contributed by atoms with Gasteiger partial charge in [0.05, 0.1) is 7.82 Å². The zero-order valence-electron chi connectivity index (χ0n) is 11.4. The third-order valence-electron chi connectivity index (χ3n) is 0. The van der Waals surface area contributed by atoms with Gasteiger partial charge in [0.1, 0.15) is 0 Å². The normalized spacial score (nSPS) is 11.1. The van der Waals surface area contributed by atoms with E-state index in [1.807, 2.05) is 0 Å². The molecule has 0 aromatic rings. The molecule has 0 spiro atoms. The average Bonchev–Trinajstić information content (AvgIpc) is 1.41. The van der Waals surface area contributed by atoms with Crippen molar-refractivity contribution >= 4 is 74.9 Å². The fraction of sp³-hybridized carbons (Fsp3) is 0. The van der Waals surface area contributed by atoms with Crippen LogP contribution in [0.15, 0.2) is 0 Å². The van der Waals surface area contributed by atoms with Crippen molar-refractivity contribution in [3.8, 4) is 0 Å². The van der Waals surface area contributed by atoms with E-state index in [0.717, 1.165) is 0 Å². The van der Waals surface area contributed by atoms with Crippen LogP contribution in [0.4, 0.5) is 0 Å². The number of hydrogen-bond donors (Lipinski definition) is 4. The van der Waals surface area contributed by atoms with Gasteiger partial charge < -0.3 is 53.2 Å². The Labute approximate surface area is 139 Å². The maximum absolute atomic E-state index is 8.88. The van der Waals surface area contributed by atoms with Crippen molar-refractivity contribution in [1.82, 2.24) is 0 Å². The molecule has 4 N–H and O–H groups in total. The summed E-state index contributed by atoms with van der Waals surface area (Å²) in [5.41, 5.74) is 0. The molecule has 0 aliphatic carbocycles. The van der Waals surface area contributed by atoms with Crippen molar-refractivity contribution in [2.24, 2.45) is 0 Å². The minimum atomic E-state index is -5.39. The van der Waals surface area contributed by atoms with E-state index in [-0.39, 0.29) is 58.5 Å². The molecule has 0 amide bonds. The first-order valence-electron chi connectivity index (χ1n) is 2.26. The van der Waals surface area contributed by atoms with E-state index in [1.165, 1.54) is 0 Å². The van der Waals surface area contributed by atoms with Crippen molar-refractivity contribution in [3.05, 3.63) is 0 Å². The maximum atomic E-state index is 8.88. The first-order valence-corrected chi connectivity index (χ1v) is 6.78. The molecule has 0 rings (SSSR count). The molecule has 0 saturated carbocycles. The van der Waals surface area contributed by atoms with Crippen LogP contribution < -0.4 is 24.5 Å². The summed E-state index contributed by atoms with van der Waals surface area (Å²) in [6.07, 6.45) is 0. The molecule has 0 heterocycles. The summed E-state index contributed by atoms with van der Waals surface area (Å²) in [7, 11) is -15.2. The molecule has 16 heavy (non-hydrogen) atoms. The Kier molecular flexibility index (Phi) is 18.0. The Morgan fingerprint density at radius 3 is 0.750 bits per heavy atom. The molecule has 0 radical (unpaired) electrons. The molecule has 0 aliphatic heterocycles. The van der Waals surface area contributed by atoms with Gasteiger partial charge in [0.25, 0.3) is 0 Å². The van der Waals surface area contributed by atoms with Crippen molar-refractivity contribution in [1.29, 1.82) is 0 Å². The first-order chi connectivity index (χ1) is 6.00. The molecule has 98 valence electrons. The fourth-order valence-corrected chi connectivity index (χ4v) is 0. The van der Waals surface area contributed by atoms with Crippen LogP contribution >= 0.6 is 23.5 Å². The second-order valence-corrected chi connectivity index (χ2v) is 4.29. The second-order valence-electron chi connectivity index (χ2n) is 1.43. The van der Waals surface area contributed by atoms with Crippen LogP contribution in [0.3, 0.4) is 0 Å². The van der Waals surface area contributed by atoms with Gasteiger partial charge in [0.15, 0.2) is 0 Å². The van der Waals surface area contributed by atoms with E-state index in [0.29, 0.717) is 0 Å². The summed E-state index contributed by atoms with van der Waals surface area (Å²) in [6, 6.07) is 0. The minimum absolute atomic E-state index is 0. The van der Waals surface area contributed by atoms with Gasteiger partial charge in [-0.1, -0.05) is 0 Å². The third-order valence-corrected chi connectivity index (χ3v) is 0. The monoisotopic (exact) mass is 334 g/mol. The zero-order chi connectivity index (χ0) is 13.5. The summed E-state index contributed by atoms with van der Waals surface area (Å²) >= 11 is 0. The molecular weight excluding hydrogens is 324 g/mol. The van der Waals surface area contributed by atoms with E-state index in [9.17, 15) is 0 Å². The predicted molar refractivity (Wildman–Crippen MR) is 44.4 cm³/mol. The quantitative estimate of drug-likeness (QED) is 0.238. The van der Waals surface area contributed by atoms with Gasteiger partial charge in [-0.05, 0) is 0 Å². The van der Waals surface area contributed by atoms with Gasteiger partial charge in [0, 0.05) is 0 Å². The summed E-state index contributed by atoms with van der Waals surface area (Å²) in [6.45, 7) is 0. The van der Waals surface area contributed by atoms with Crippen molar-refractivity contribution in [2.75, 3.05) is 0 Å². The van der Waals surface area contributed by atoms with Crippen LogP contribution in [0.2, 0.25) is 0 Å². The second kappa shape index (κ2) is 10.8. The standard InChI is InChI=1S/K.3H3O4P.H/c;3*1-5(2,3)4;/h;3*(H3,1,2,3,4);. The molecule has 12 nitrogen and oxygen atoms in total. The van der Waals surface area contributed by atoms with Gasteiger partial charge in [-0.25, -0.2) is 4.57 Å². The molecule has 0 unspecified atom stereocenters. The van der Waals surface area contributed by atoms with Crippen LogP contribution in [0, 0.1) is 0 Å². The van der Waals surface area contributed by atoms with E-state index in [2.05, 4.69) is 0 Å². The number of rotatable bonds is 0. The molecule has 0 aromatic carbocycles. The van der Waals surface area contributed by atoms with Crippen LogP contribution in [-0.4, -0.2) is 71.0 Å². The Balaban J connectivity index is -0.0000000129. The van der Waals surface area contributed by atoms with E-state index in [1.54, 1.807) is 0 Å². The van der Waals surface area contributed by atoms with Gasteiger partial charge in [0.2, 0.25) is 0 Å². The Morgan fingerprint density at radius 1 is 0.750 bits per heavy atom. The fourth-order valence-electron chi connectivity index (χ4n) is 0. The summed E-state index contributed by atoms with van der Waals surface area (Å²) in [5.74, 6) is 0. The predicted octanol–water partition coefficient (Wildman–Crippen LogP) is -6.03. The van der Waals surface area contributed by atoms with Gasteiger partial charge in [-0.2, -0.15) is 7.82 Å². The van der Waals surface area contributed by atoms with E-state index >= 15 is 0 Å². The van der Waals surface area contributed by atoms with E-state index < -0.39 is 23.5 Å². The number of hydrogen-bond acceptors (Lipinski definition) is 8. The van der Waals surface area contributed by atoms with Crippen LogP contribution in [0.1, 0.15) is 7.13 Å². The van der Waals surface area contributed by atoms with Crippen LogP contribution in [-0.2, 0) is 13.7 Å². The molecule has 0 saturated heterocycles. The SMILES string of the molecule is O=P(O)(O)O.O=P([O-])([O-])O.O=P([O-])([O-])[O-].[H+].[H+].[H+].[H+].[H+].[KH]. The Hall–Kier alpha value is 1.97. The molecule has 16 heteroatoms. The van der Waals surface area contributed by atoms with Gasteiger partial charge in [-0.15, -0.1) is 0 Å². The van der Waals surface area contributed by atoms with E-state index in [4.69, 9.17) is 57.7 Å². The summed E-state index contributed by atoms with van der Waals surface area (Å²) in [5, 5.41) is 0. The van der Waals surface area contributed by atoms with Gasteiger partial charge >= 0.3 is 66.3 Å². The average molecular weight is 334 g/mol. The molecule has 0 bridgehead atoms. The molecule has 0 aromatic heterocycles. The van der Waals surface area contributed by atoms with Crippen LogP contribution in [0.5, 0.6) is 0 Å². The Morgan fingerprint density at radius 2 is 0.750 bits per heavy atom. The molecule has 0 fully saturated rings. The molecule has 0 atom stereocenters. The van der Waals surface area contributed by atoms with Crippen molar-refractivity contribution in [2.45, 2.75) is 0 Å². The Bertz CT molecular complexity index is 219. The first kappa shape index (κ1) is 26.5. The third kappa shape index (κ3) is 925. The van der Waals surface area contributed by atoms with Crippen LogP contribution in [0.25, 0.3) is 0 Å². The number of phosphoric acid groups is 3. The van der Waals surface area contributed by atoms with Crippen molar-refractivity contribution < 1.29 is 64.9 Å². The topological polar surface area (TPSA) is 247 Å².